The molecule has 1 amide bonds. The Bertz CT molecular complexity index is 1060. The standard InChI is InChI=1S/C21H23N3O2/c1-14-12-24(3)20(26)17-16(13-23(2)18(14)17)19(25)22-21(10-7-11-21)15-8-5-4-6-9-15/h4-6,8-9,12-13H,7,10-11H2,1-3H3,(H,22,25). The van der Waals surface area contributed by atoms with E-state index in [2.05, 4.69) is 17.4 Å². The van der Waals surface area contributed by atoms with Gasteiger partial charge in [0.25, 0.3) is 11.5 Å². The second-order valence-electron chi connectivity index (χ2n) is 7.36. The number of nitrogens with one attached hydrogen (secondary N) is 1. The second-order valence-corrected chi connectivity index (χ2v) is 7.36. The molecule has 134 valence electrons. The third-order valence-electron chi connectivity index (χ3n) is 5.61. The Morgan fingerprint density at radius 1 is 1.08 bits per heavy atom. The molecule has 0 aliphatic heterocycles. The molecule has 1 fully saturated rings. The van der Waals surface area contributed by atoms with Gasteiger partial charge in [-0.05, 0) is 37.3 Å². The van der Waals surface area contributed by atoms with Crippen LogP contribution in [0.4, 0.5) is 0 Å². The normalized spacial score (nSPS) is 15.7. The third kappa shape index (κ3) is 2.38. The number of aryl methyl sites for hydroxylation is 3. The number of amides is 1. The number of carbonyl (C=O) groups is 1. The lowest BCUT2D eigenvalue weighted by molar-refractivity contribution is 0.0825. The number of hydrogen-bond acceptors (Lipinski definition) is 2. The summed E-state index contributed by atoms with van der Waals surface area (Å²) >= 11 is 0. The summed E-state index contributed by atoms with van der Waals surface area (Å²) in [6.07, 6.45) is 6.51. The van der Waals surface area contributed by atoms with E-state index in [0.29, 0.717) is 10.9 Å². The minimum absolute atomic E-state index is 0.140. The molecule has 1 saturated carbocycles. The largest absolute Gasteiger partial charge is 0.349 e. The van der Waals surface area contributed by atoms with Crippen molar-refractivity contribution in [3.63, 3.8) is 0 Å². The summed E-state index contributed by atoms with van der Waals surface area (Å²) in [7, 11) is 3.60. The van der Waals surface area contributed by atoms with Crippen LogP contribution in [0.1, 0.15) is 40.7 Å². The zero-order valence-corrected chi connectivity index (χ0v) is 15.4. The fourth-order valence-electron chi connectivity index (χ4n) is 4.14. The fraction of sp³-hybridized carbons (Fsp3) is 0.333. The quantitative estimate of drug-likeness (QED) is 0.790. The summed E-state index contributed by atoms with van der Waals surface area (Å²) in [4.78, 5) is 25.9. The topological polar surface area (TPSA) is 56.0 Å². The van der Waals surface area contributed by atoms with Gasteiger partial charge in [-0.25, -0.2) is 0 Å². The molecular formula is C21H23N3O2. The first kappa shape index (κ1) is 16.6. The Morgan fingerprint density at radius 3 is 2.38 bits per heavy atom. The third-order valence-corrected chi connectivity index (χ3v) is 5.61. The Morgan fingerprint density at radius 2 is 1.77 bits per heavy atom. The van der Waals surface area contributed by atoms with Crippen LogP contribution in [0.15, 0.2) is 47.5 Å². The molecule has 2 aromatic heterocycles. The van der Waals surface area contributed by atoms with Gasteiger partial charge in [-0.15, -0.1) is 0 Å². The Labute approximate surface area is 152 Å². The summed E-state index contributed by atoms with van der Waals surface area (Å²) in [6.45, 7) is 1.96. The van der Waals surface area contributed by atoms with Gasteiger partial charge in [-0.1, -0.05) is 30.3 Å². The van der Waals surface area contributed by atoms with Crippen LogP contribution in [0.25, 0.3) is 10.9 Å². The molecular weight excluding hydrogens is 326 g/mol. The van der Waals surface area contributed by atoms with E-state index in [1.54, 1.807) is 17.8 Å². The van der Waals surface area contributed by atoms with Crippen LogP contribution in [-0.2, 0) is 19.6 Å². The van der Waals surface area contributed by atoms with Crippen LogP contribution < -0.4 is 10.9 Å². The van der Waals surface area contributed by atoms with E-state index in [1.165, 1.54) is 0 Å². The lowest BCUT2D eigenvalue weighted by Gasteiger charge is -2.43. The van der Waals surface area contributed by atoms with Crippen molar-refractivity contribution < 1.29 is 4.79 Å². The van der Waals surface area contributed by atoms with Crippen LogP contribution in [0.2, 0.25) is 0 Å². The molecule has 0 bridgehead atoms. The molecule has 0 saturated heterocycles. The first-order valence-electron chi connectivity index (χ1n) is 8.96. The molecule has 0 atom stereocenters. The van der Waals surface area contributed by atoms with Crippen LogP contribution in [0.3, 0.4) is 0 Å². The number of aromatic nitrogens is 2. The average Bonchev–Trinajstić information content (AvgIpc) is 2.95. The van der Waals surface area contributed by atoms with Crippen molar-refractivity contribution in [1.29, 1.82) is 0 Å². The highest BCUT2D eigenvalue weighted by Gasteiger charge is 2.40. The van der Waals surface area contributed by atoms with Gasteiger partial charge in [-0.3, -0.25) is 9.59 Å². The Balaban J connectivity index is 1.79. The summed E-state index contributed by atoms with van der Waals surface area (Å²) in [5.41, 5.74) is 2.91. The number of fused-ring (bicyclic) bond motifs is 1. The van der Waals surface area contributed by atoms with E-state index in [-0.39, 0.29) is 17.0 Å². The van der Waals surface area contributed by atoms with Crippen LogP contribution in [0.5, 0.6) is 0 Å². The monoisotopic (exact) mass is 349 g/mol. The maximum absolute atomic E-state index is 13.2. The SMILES string of the molecule is Cc1cn(C)c(=O)c2c(C(=O)NC3(c4ccccc4)CCC3)cn(C)c12. The number of rotatable bonds is 3. The molecule has 2 heterocycles. The minimum atomic E-state index is -0.324. The van der Waals surface area contributed by atoms with Crippen molar-refractivity contribution >= 4 is 16.8 Å². The fourth-order valence-corrected chi connectivity index (χ4v) is 4.14. The summed E-state index contributed by atoms with van der Waals surface area (Å²) in [5, 5.41) is 3.73. The van der Waals surface area contributed by atoms with Gasteiger partial charge in [0.2, 0.25) is 0 Å². The smallest absolute Gasteiger partial charge is 0.260 e. The Kier molecular flexibility index (Phi) is 3.75. The maximum Gasteiger partial charge on any atom is 0.260 e. The average molecular weight is 349 g/mol. The highest BCUT2D eigenvalue weighted by Crippen LogP contribution is 2.41. The molecule has 1 aliphatic rings. The molecule has 0 unspecified atom stereocenters. The highest BCUT2D eigenvalue weighted by molar-refractivity contribution is 6.07. The Hall–Kier alpha value is -2.82. The van der Waals surface area contributed by atoms with Gasteiger partial charge in [0.1, 0.15) is 0 Å². The number of carbonyl (C=O) groups excluding carboxylic acids is 1. The lowest BCUT2D eigenvalue weighted by Crippen LogP contribution is -2.50. The zero-order chi connectivity index (χ0) is 18.5. The van der Waals surface area contributed by atoms with Gasteiger partial charge < -0.3 is 14.5 Å². The predicted molar refractivity (Wildman–Crippen MR) is 102 cm³/mol. The van der Waals surface area contributed by atoms with Gasteiger partial charge in [0.05, 0.1) is 22.0 Å². The molecule has 0 spiro atoms. The molecule has 4 rings (SSSR count). The number of pyridine rings is 1. The molecule has 5 heteroatoms. The lowest BCUT2D eigenvalue weighted by atomic mass is 9.71. The molecule has 3 aromatic rings. The summed E-state index contributed by atoms with van der Waals surface area (Å²) in [5.74, 6) is -0.179. The number of nitrogens with zero attached hydrogens (tertiary/aromatic N) is 2. The van der Waals surface area contributed by atoms with Crippen LogP contribution >= 0.6 is 0 Å². The first-order chi connectivity index (χ1) is 12.4. The van der Waals surface area contributed by atoms with Crippen molar-refractivity contribution in [2.24, 2.45) is 14.1 Å². The van der Waals surface area contributed by atoms with E-state index < -0.39 is 0 Å². The van der Waals surface area contributed by atoms with Gasteiger partial charge in [0, 0.05) is 26.5 Å². The molecule has 0 radical (unpaired) electrons. The molecule has 1 N–H and O–H groups in total. The minimum Gasteiger partial charge on any atom is -0.349 e. The number of benzene rings is 1. The van der Waals surface area contributed by atoms with Crippen molar-refractivity contribution in [3.8, 4) is 0 Å². The highest BCUT2D eigenvalue weighted by atomic mass is 16.2. The molecule has 26 heavy (non-hydrogen) atoms. The molecule has 1 aromatic carbocycles. The summed E-state index contributed by atoms with van der Waals surface area (Å²) in [6, 6.07) is 10.1. The zero-order valence-electron chi connectivity index (χ0n) is 15.4. The van der Waals surface area contributed by atoms with E-state index in [4.69, 9.17) is 0 Å². The van der Waals surface area contributed by atoms with Crippen molar-refractivity contribution in [1.82, 2.24) is 14.5 Å². The molecule has 1 aliphatic carbocycles. The van der Waals surface area contributed by atoms with Crippen molar-refractivity contribution in [2.75, 3.05) is 0 Å². The molecule has 5 nitrogen and oxygen atoms in total. The second kappa shape index (κ2) is 5.87. The van der Waals surface area contributed by atoms with E-state index in [9.17, 15) is 9.59 Å². The van der Waals surface area contributed by atoms with E-state index in [0.717, 1.165) is 35.9 Å². The van der Waals surface area contributed by atoms with E-state index >= 15 is 0 Å². The predicted octanol–water partition coefficient (Wildman–Crippen LogP) is 2.99. The van der Waals surface area contributed by atoms with Gasteiger partial charge in [0.15, 0.2) is 0 Å². The summed E-state index contributed by atoms with van der Waals surface area (Å²) < 4.78 is 3.42. The van der Waals surface area contributed by atoms with E-state index in [1.807, 2.05) is 42.9 Å². The van der Waals surface area contributed by atoms with Crippen LogP contribution in [-0.4, -0.2) is 15.0 Å². The van der Waals surface area contributed by atoms with Gasteiger partial charge in [-0.2, -0.15) is 0 Å². The first-order valence-corrected chi connectivity index (χ1v) is 8.96. The van der Waals surface area contributed by atoms with Crippen LogP contribution in [0, 0.1) is 6.92 Å². The number of hydrogen-bond donors (Lipinski definition) is 1. The van der Waals surface area contributed by atoms with Crippen molar-refractivity contribution in [3.05, 3.63) is 69.8 Å². The maximum atomic E-state index is 13.2. The van der Waals surface area contributed by atoms with Gasteiger partial charge >= 0.3 is 0 Å². The van der Waals surface area contributed by atoms with Crippen molar-refractivity contribution in [2.45, 2.75) is 31.7 Å².